The molecule has 1 atom stereocenters. The van der Waals surface area contributed by atoms with Crippen LogP contribution < -0.4 is 15.4 Å². The fourth-order valence-corrected chi connectivity index (χ4v) is 4.58. The van der Waals surface area contributed by atoms with Gasteiger partial charge in [-0.25, -0.2) is 0 Å². The molecule has 1 aliphatic rings. The van der Waals surface area contributed by atoms with Gasteiger partial charge in [0.15, 0.2) is 5.82 Å². The molecule has 0 saturated carbocycles. The first-order valence-corrected chi connectivity index (χ1v) is 13.2. The van der Waals surface area contributed by atoms with E-state index in [1.165, 1.54) is 7.11 Å². The van der Waals surface area contributed by atoms with E-state index in [1.807, 2.05) is 32.2 Å². The number of esters is 1. The summed E-state index contributed by atoms with van der Waals surface area (Å²) in [5, 5.41) is 16.2. The van der Waals surface area contributed by atoms with Gasteiger partial charge in [-0.2, -0.15) is 0 Å². The molecule has 0 bridgehead atoms. The molecule has 2 aromatic rings. The molecule has 0 amide bonds. The average Bonchev–Trinajstić information content (AvgIpc) is 2.95. The van der Waals surface area contributed by atoms with Crippen molar-refractivity contribution < 1.29 is 28.5 Å². The lowest BCUT2D eigenvalue weighted by Gasteiger charge is -2.33. The van der Waals surface area contributed by atoms with Gasteiger partial charge in [-0.15, -0.1) is 10.2 Å². The van der Waals surface area contributed by atoms with Crippen molar-refractivity contribution in [2.75, 3.05) is 59.9 Å². The van der Waals surface area contributed by atoms with Crippen LogP contribution >= 0.6 is 0 Å². The molecule has 1 saturated heterocycles. The van der Waals surface area contributed by atoms with Crippen molar-refractivity contribution in [1.29, 1.82) is 0 Å². The van der Waals surface area contributed by atoms with E-state index in [4.69, 9.17) is 19.0 Å². The molecule has 1 aliphatic heterocycles. The third-order valence-corrected chi connectivity index (χ3v) is 6.44. The molecule has 11 heteroatoms. The van der Waals surface area contributed by atoms with Gasteiger partial charge in [0.25, 0.3) is 6.47 Å². The highest BCUT2D eigenvalue weighted by Gasteiger charge is 2.23. The number of hydrogen-bond acceptors (Lipinski definition) is 11. The third-order valence-electron chi connectivity index (χ3n) is 6.44. The number of benzene rings is 1. The SMILES string of the molecule is CCOC(=O)CCN1CCCC(Nc2nnc(-c3ccc(OC)cc3COC)c(C)c2CNC)C1.COC=O. The maximum Gasteiger partial charge on any atom is 0.307 e. The van der Waals surface area contributed by atoms with Gasteiger partial charge in [-0.3, -0.25) is 9.59 Å². The quantitative estimate of drug-likeness (QED) is 0.285. The van der Waals surface area contributed by atoms with Crippen LogP contribution in [-0.2, 0) is 37.0 Å². The van der Waals surface area contributed by atoms with E-state index in [0.29, 0.717) is 39.2 Å². The van der Waals surface area contributed by atoms with Crippen molar-refractivity contribution in [1.82, 2.24) is 20.4 Å². The van der Waals surface area contributed by atoms with Gasteiger partial charge in [0.1, 0.15) is 5.75 Å². The molecular weight excluding hydrogens is 502 g/mol. The van der Waals surface area contributed by atoms with Crippen LogP contribution in [-0.4, -0.2) is 88.2 Å². The van der Waals surface area contributed by atoms with Gasteiger partial charge in [0.2, 0.25) is 0 Å². The summed E-state index contributed by atoms with van der Waals surface area (Å²) in [5.74, 6) is 1.45. The summed E-state index contributed by atoms with van der Waals surface area (Å²) < 4.78 is 19.8. The fourth-order valence-electron chi connectivity index (χ4n) is 4.58. The maximum absolute atomic E-state index is 11.8. The van der Waals surface area contributed by atoms with Crippen LogP contribution in [0.4, 0.5) is 5.82 Å². The summed E-state index contributed by atoms with van der Waals surface area (Å²) in [6.07, 6.45) is 2.54. The highest BCUT2D eigenvalue weighted by molar-refractivity contribution is 5.71. The zero-order valence-corrected chi connectivity index (χ0v) is 24.0. The first-order valence-electron chi connectivity index (χ1n) is 13.2. The number of carbonyl (C=O) groups excluding carboxylic acids is 2. The minimum Gasteiger partial charge on any atom is -0.497 e. The Morgan fingerprint density at radius 2 is 2.00 bits per heavy atom. The van der Waals surface area contributed by atoms with Crippen molar-refractivity contribution in [3.8, 4) is 17.0 Å². The lowest BCUT2D eigenvalue weighted by molar-refractivity contribution is -0.143. The Hall–Kier alpha value is -3.28. The van der Waals surface area contributed by atoms with Crippen molar-refractivity contribution in [2.24, 2.45) is 0 Å². The van der Waals surface area contributed by atoms with Gasteiger partial charge in [-0.1, -0.05) is 0 Å². The smallest absolute Gasteiger partial charge is 0.307 e. The summed E-state index contributed by atoms with van der Waals surface area (Å²) in [4.78, 5) is 23.0. The number of hydrogen-bond donors (Lipinski definition) is 2. The Labute approximate surface area is 231 Å². The Bertz CT molecular complexity index is 1050. The molecule has 1 unspecified atom stereocenters. The molecule has 1 aromatic heterocycles. The van der Waals surface area contributed by atoms with Gasteiger partial charge < -0.3 is 34.5 Å². The number of carbonyl (C=O) groups is 2. The van der Waals surface area contributed by atoms with Crippen molar-refractivity contribution in [3.05, 3.63) is 34.9 Å². The van der Waals surface area contributed by atoms with Crippen molar-refractivity contribution >= 4 is 18.3 Å². The van der Waals surface area contributed by atoms with Crippen LogP contribution in [0.25, 0.3) is 11.3 Å². The van der Waals surface area contributed by atoms with Gasteiger partial charge in [0.05, 0.1) is 39.5 Å². The number of piperidine rings is 1. The molecule has 2 N–H and O–H groups in total. The van der Waals surface area contributed by atoms with Crippen LogP contribution in [0.5, 0.6) is 5.75 Å². The molecule has 0 aliphatic carbocycles. The minimum absolute atomic E-state index is 0.137. The normalized spacial score (nSPS) is 15.1. The van der Waals surface area contributed by atoms with E-state index < -0.39 is 0 Å². The summed E-state index contributed by atoms with van der Waals surface area (Å²) in [6, 6.07) is 6.18. The van der Waals surface area contributed by atoms with E-state index in [1.54, 1.807) is 14.2 Å². The lowest BCUT2D eigenvalue weighted by Crippen LogP contribution is -2.43. The Morgan fingerprint density at radius 3 is 2.64 bits per heavy atom. The summed E-state index contributed by atoms with van der Waals surface area (Å²) in [5.41, 5.74) is 5.01. The number of likely N-dealkylation sites (tertiary alicyclic amines) is 1. The van der Waals surface area contributed by atoms with Crippen LogP contribution in [0.15, 0.2) is 18.2 Å². The first kappa shape index (κ1) is 31.9. The van der Waals surface area contributed by atoms with E-state index in [-0.39, 0.29) is 12.0 Å². The fraction of sp³-hybridized carbons (Fsp3) is 0.571. The predicted molar refractivity (Wildman–Crippen MR) is 150 cm³/mol. The van der Waals surface area contributed by atoms with Crippen LogP contribution in [0.1, 0.15) is 42.9 Å². The molecule has 2 heterocycles. The third kappa shape index (κ3) is 9.76. The van der Waals surface area contributed by atoms with Gasteiger partial charge >= 0.3 is 5.97 Å². The highest BCUT2D eigenvalue weighted by atomic mass is 16.5. The predicted octanol–water partition coefficient (Wildman–Crippen LogP) is 2.95. The zero-order chi connectivity index (χ0) is 28.6. The van der Waals surface area contributed by atoms with E-state index in [2.05, 4.69) is 37.4 Å². The summed E-state index contributed by atoms with van der Waals surface area (Å²) in [7, 11) is 6.59. The standard InChI is InChI=1S/C26H39N5O4.C2H4O2/c1-6-35-24(32)11-13-31-12-7-8-20(16-31)28-26-23(15-27-3)18(2)25(29-30-26)22-10-9-21(34-5)14-19(22)17-33-4;1-4-2-3/h9-10,14,20,27H,6-8,11-13,15-17H2,1-5H3,(H,28,30);2H,1H3. The van der Waals surface area contributed by atoms with Crippen molar-refractivity contribution in [2.45, 2.75) is 52.3 Å². The monoisotopic (exact) mass is 545 g/mol. The number of nitrogens with one attached hydrogen (secondary N) is 2. The number of anilines is 1. The second-order valence-electron chi connectivity index (χ2n) is 9.16. The minimum atomic E-state index is -0.137. The second kappa shape index (κ2) is 17.3. The van der Waals surface area contributed by atoms with Gasteiger partial charge in [0, 0.05) is 43.9 Å². The van der Waals surface area contributed by atoms with Crippen LogP contribution in [0, 0.1) is 6.92 Å². The molecule has 11 nitrogen and oxygen atoms in total. The number of methoxy groups -OCH3 is 3. The first-order chi connectivity index (χ1) is 18.9. The molecule has 1 aromatic carbocycles. The molecule has 1 fully saturated rings. The lowest BCUT2D eigenvalue weighted by atomic mass is 9.98. The summed E-state index contributed by atoms with van der Waals surface area (Å²) in [6.45, 7) is 8.42. The molecule has 216 valence electrons. The van der Waals surface area contributed by atoms with E-state index >= 15 is 0 Å². The van der Waals surface area contributed by atoms with E-state index in [9.17, 15) is 4.79 Å². The maximum atomic E-state index is 11.8. The van der Waals surface area contributed by atoms with Crippen LogP contribution in [0.2, 0.25) is 0 Å². The largest absolute Gasteiger partial charge is 0.497 e. The Kier molecular flexibility index (Phi) is 14.2. The second-order valence-corrected chi connectivity index (χ2v) is 9.16. The average molecular weight is 546 g/mol. The molecule has 0 radical (unpaired) electrons. The molecular formula is C28H43N5O6. The number of nitrogens with zero attached hydrogens (tertiary/aromatic N) is 3. The Morgan fingerprint density at radius 1 is 1.23 bits per heavy atom. The number of rotatable bonds is 13. The number of ether oxygens (including phenoxy) is 4. The highest BCUT2D eigenvalue weighted by Crippen LogP contribution is 2.32. The van der Waals surface area contributed by atoms with Crippen molar-refractivity contribution in [3.63, 3.8) is 0 Å². The Balaban J connectivity index is 0.00000124. The van der Waals surface area contributed by atoms with Gasteiger partial charge in [-0.05, 0) is 69.6 Å². The summed E-state index contributed by atoms with van der Waals surface area (Å²) >= 11 is 0. The van der Waals surface area contributed by atoms with E-state index in [0.717, 1.165) is 65.4 Å². The molecule has 39 heavy (non-hydrogen) atoms. The number of aromatic nitrogens is 2. The molecule has 0 spiro atoms. The zero-order valence-electron chi connectivity index (χ0n) is 24.0. The molecule has 3 rings (SSSR count). The van der Waals surface area contributed by atoms with Crippen LogP contribution in [0.3, 0.4) is 0 Å². The topological polar surface area (TPSA) is 124 Å².